The van der Waals surface area contributed by atoms with E-state index >= 15 is 0 Å². The summed E-state index contributed by atoms with van der Waals surface area (Å²) in [5, 5.41) is 13.7. The van der Waals surface area contributed by atoms with Crippen molar-refractivity contribution in [1.29, 1.82) is 0 Å². The van der Waals surface area contributed by atoms with E-state index in [1.54, 1.807) is 19.2 Å². The van der Waals surface area contributed by atoms with Crippen LogP contribution in [0.4, 0.5) is 11.4 Å². The number of nitrogens with zero attached hydrogens (tertiary/aromatic N) is 1. The Hall–Kier alpha value is -2.36. The monoisotopic (exact) mass is 228 g/mol. The summed E-state index contributed by atoms with van der Waals surface area (Å²) in [7, 11) is 1.76. The van der Waals surface area contributed by atoms with Gasteiger partial charge in [-0.25, -0.2) is 0 Å². The van der Waals surface area contributed by atoms with Gasteiger partial charge in [0.05, 0.1) is 4.92 Å². The third-order valence-electron chi connectivity index (χ3n) is 2.57. The van der Waals surface area contributed by atoms with E-state index in [1.807, 2.05) is 30.3 Å². The average Bonchev–Trinajstić information content (AvgIpc) is 2.39. The highest BCUT2D eigenvalue weighted by Crippen LogP contribution is 2.30. The first-order chi connectivity index (χ1) is 8.22. The molecule has 0 amide bonds. The highest BCUT2D eigenvalue weighted by molar-refractivity contribution is 5.79. The standard InChI is InChI=1S/C13H12N2O2/c1-14-13-9-11(15(16)17)7-8-12(13)10-5-3-2-4-6-10/h2-9,14H,1H3. The van der Waals surface area contributed by atoms with Gasteiger partial charge in [0.2, 0.25) is 0 Å². The fourth-order valence-corrected chi connectivity index (χ4v) is 1.72. The molecule has 0 saturated heterocycles. The molecule has 0 bridgehead atoms. The van der Waals surface area contributed by atoms with Gasteiger partial charge in [0.15, 0.2) is 0 Å². The van der Waals surface area contributed by atoms with Crippen molar-refractivity contribution in [2.45, 2.75) is 0 Å². The molecule has 2 rings (SSSR count). The summed E-state index contributed by atoms with van der Waals surface area (Å²) < 4.78 is 0. The summed E-state index contributed by atoms with van der Waals surface area (Å²) in [6.45, 7) is 0. The number of nitro groups is 1. The third-order valence-corrected chi connectivity index (χ3v) is 2.57. The Balaban J connectivity index is 2.52. The zero-order valence-electron chi connectivity index (χ0n) is 9.38. The maximum absolute atomic E-state index is 10.7. The lowest BCUT2D eigenvalue weighted by atomic mass is 10.0. The first-order valence-electron chi connectivity index (χ1n) is 5.24. The van der Waals surface area contributed by atoms with Crippen molar-refractivity contribution < 1.29 is 4.92 Å². The van der Waals surface area contributed by atoms with Crippen LogP contribution in [-0.2, 0) is 0 Å². The highest BCUT2D eigenvalue weighted by atomic mass is 16.6. The molecule has 0 aliphatic carbocycles. The summed E-state index contributed by atoms with van der Waals surface area (Å²) in [6, 6.07) is 14.6. The molecule has 1 N–H and O–H groups in total. The van der Waals surface area contributed by atoms with Crippen LogP contribution in [0.3, 0.4) is 0 Å². The maximum Gasteiger partial charge on any atom is 0.271 e. The van der Waals surface area contributed by atoms with Gasteiger partial charge in [-0.05, 0) is 11.6 Å². The first kappa shape index (κ1) is 11.1. The average molecular weight is 228 g/mol. The molecule has 2 aromatic carbocycles. The van der Waals surface area contributed by atoms with Crippen LogP contribution in [-0.4, -0.2) is 12.0 Å². The van der Waals surface area contributed by atoms with Crippen LogP contribution in [0.2, 0.25) is 0 Å². The molecule has 0 fully saturated rings. The summed E-state index contributed by atoms with van der Waals surface area (Å²) in [5.74, 6) is 0. The van der Waals surface area contributed by atoms with Gasteiger partial charge >= 0.3 is 0 Å². The molecule has 0 aromatic heterocycles. The predicted molar refractivity (Wildman–Crippen MR) is 68.1 cm³/mol. The number of anilines is 1. The number of nitro benzene ring substituents is 1. The van der Waals surface area contributed by atoms with Crippen LogP contribution in [0.15, 0.2) is 48.5 Å². The molecule has 86 valence electrons. The molecule has 0 unspecified atom stereocenters. The molecule has 0 aliphatic heterocycles. The SMILES string of the molecule is CNc1cc([N+](=O)[O-])ccc1-c1ccccc1. The summed E-state index contributed by atoms with van der Waals surface area (Å²) >= 11 is 0. The lowest BCUT2D eigenvalue weighted by Gasteiger charge is -2.08. The van der Waals surface area contributed by atoms with Crippen LogP contribution in [0.5, 0.6) is 0 Å². The number of non-ortho nitro benzene ring substituents is 1. The molecule has 0 atom stereocenters. The molecule has 2 aromatic rings. The van der Waals surface area contributed by atoms with Crippen molar-refractivity contribution >= 4 is 11.4 Å². The Morgan fingerprint density at radius 2 is 1.82 bits per heavy atom. The van der Waals surface area contributed by atoms with Gasteiger partial charge < -0.3 is 5.32 Å². The Labute approximate surface area is 99.1 Å². The fourth-order valence-electron chi connectivity index (χ4n) is 1.72. The van der Waals surface area contributed by atoms with E-state index in [9.17, 15) is 10.1 Å². The number of nitrogens with one attached hydrogen (secondary N) is 1. The highest BCUT2D eigenvalue weighted by Gasteiger charge is 2.10. The van der Waals surface area contributed by atoms with E-state index in [1.165, 1.54) is 6.07 Å². The molecule has 0 radical (unpaired) electrons. The Bertz CT molecular complexity index is 538. The lowest BCUT2D eigenvalue weighted by molar-refractivity contribution is -0.384. The zero-order valence-corrected chi connectivity index (χ0v) is 9.38. The quantitative estimate of drug-likeness (QED) is 0.647. The second-order valence-corrected chi connectivity index (χ2v) is 3.60. The number of hydrogen-bond acceptors (Lipinski definition) is 3. The maximum atomic E-state index is 10.7. The minimum absolute atomic E-state index is 0.0917. The fraction of sp³-hybridized carbons (Fsp3) is 0.0769. The second-order valence-electron chi connectivity index (χ2n) is 3.60. The van der Waals surface area contributed by atoms with Gasteiger partial charge in [0.1, 0.15) is 0 Å². The number of rotatable bonds is 3. The molecule has 0 spiro atoms. The van der Waals surface area contributed by atoms with Crippen molar-refractivity contribution in [2.24, 2.45) is 0 Å². The molecule has 0 heterocycles. The minimum atomic E-state index is -0.393. The van der Waals surface area contributed by atoms with E-state index < -0.39 is 4.92 Å². The van der Waals surface area contributed by atoms with E-state index in [0.29, 0.717) is 0 Å². The summed E-state index contributed by atoms with van der Waals surface area (Å²) in [6.07, 6.45) is 0. The van der Waals surface area contributed by atoms with Crippen LogP contribution in [0, 0.1) is 10.1 Å². The molecule has 4 nitrogen and oxygen atoms in total. The molecule has 0 saturated carbocycles. The van der Waals surface area contributed by atoms with Gasteiger partial charge in [-0.15, -0.1) is 0 Å². The van der Waals surface area contributed by atoms with Crippen LogP contribution in [0.1, 0.15) is 0 Å². The second kappa shape index (κ2) is 4.65. The first-order valence-corrected chi connectivity index (χ1v) is 5.24. The van der Waals surface area contributed by atoms with E-state index in [-0.39, 0.29) is 5.69 Å². The molecule has 0 aliphatic rings. The van der Waals surface area contributed by atoms with E-state index in [0.717, 1.165) is 16.8 Å². The molecule has 4 heteroatoms. The van der Waals surface area contributed by atoms with Crippen molar-refractivity contribution in [3.8, 4) is 11.1 Å². The third kappa shape index (κ3) is 2.25. The minimum Gasteiger partial charge on any atom is -0.387 e. The van der Waals surface area contributed by atoms with Gasteiger partial charge in [0.25, 0.3) is 5.69 Å². The van der Waals surface area contributed by atoms with Crippen molar-refractivity contribution in [3.63, 3.8) is 0 Å². The number of hydrogen-bond donors (Lipinski definition) is 1. The van der Waals surface area contributed by atoms with Gasteiger partial charge in [-0.3, -0.25) is 10.1 Å². The normalized spacial score (nSPS) is 9.94. The van der Waals surface area contributed by atoms with Crippen LogP contribution < -0.4 is 5.32 Å². The van der Waals surface area contributed by atoms with E-state index in [2.05, 4.69) is 5.32 Å². The van der Waals surface area contributed by atoms with Crippen molar-refractivity contribution in [3.05, 3.63) is 58.6 Å². The van der Waals surface area contributed by atoms with Crippen molar-refractivity contribution in [1.82, 2.24) is 0 Å². The molecular weight excluding hydrogens is 216 g/mol. The Morgan fingerprint density at radius 1 is 1.12 bits per heavy atom. The van der Waals surface area contributed by atoms with Crippen LogP contribution >= 0.6 is 0 Å². The Morgan fingerprint density at radius 3 is 2.41 bits per heavy atom. The summed E-state index contributed by atoms with van der Waals surface area (Å²) in [4.78, 5) is 10.3. The Kier molecular flexibility index (Phi) is 3.05. The van der Waals surface area contributed by atoms with Crippen LogP contribution in [0.25, 0.3) is 11.1 Å². The topological polar surface area (TPSA) is 55.2 Å². The van der Waals surface area contributed by atoms with E-state index in [4.69, 9.17) is 0 Å². The molecule has 17 heavy (non-hydrogen) atoms. The predicted octanol–water partition coefficient (Wildman–Crippen LogP) is 3.30. The van der Waals surface area contributed by atoms with Gasteiger partial charge in [-0.1, -0.05) is 30.3 Å². The number of benzene rings is 2. The molecular formula is C13H12N2O2. The van der Waals surface area contributed by atoms with Crippen molar-refractivity contribution in [2.75, 3.05) is 12.4 Å². The smallest absolute Gasteiger partial charge is 0.271 e. The summed E-state index contributed by atoms with van der Waals surface area (Å²) in [5.41, 5.74) is 2.84. The largest absolute Gasteiger partial charge is 0.387 e. The van der Waals surface area contributed by atoms with Gasteiger partial charge in [-0.2, -0.15) is 0 Å². The zero-order chi connectivity index (χ0) is 12.3. The lowest BCUT2D eigenvalue weighted by Crippen LogP contribution is -1.95. The van der Waals surface area contributed by atoms with Gasteiger partial charge in [0, 0.05) is 30.4 Å².